The molecule has 2 atom stereocenters. The van der Waals surface area contributed by atoms with Crippen molar-refractivity contribution in [2.45, 2.75) is 24.5 Å². The van der Waals surface area contributed by atoms with Crippen LogP contribution in [-0.2, 0) is 10.5 Å². The van der Waals surface area contributed by atoms with Gasteiger partial charge in [-0.15, -0.1) is 0 Å². The molecular formula is C13H18F2N2O3P+. The van der Waals surface area contributed by atoms with Gasteiger partial charge in [-0.2, -0.15) is 8.78 Å². The number of aliphatic hydroxyl groups excluding tert-OH is 1. The van der Waals surface area contributed by atoms with Gasteiger partial charge in [0.15, 0.2) is 7.11 Å². The molecule has 0 aromatic heterocycles. The van der Waals surface area contributed by atoms with Crippen LogP contribution in [0.5, 0.6) is 0 Å². The molecule has 1 aliphatic rings. The lowest BCUT2D eigenvalue weighted by molar-refractivity contribution is -0.737. The number of aliphatic hydroxyl groups is 1. The standard InChI is InChI=1S/C13H18F2N2O3P/c1-20-17(19)12-5-4-9(7-11(12)13(14,15)21)16-6-2-3-10(16)8-18/h4-5,7,10,18H,2-3,6,8,21H2,1H3/q+1/t10-/m1/s1. The zero-order valence-corrected chi connectivity index (χ0v) is 12.8. The van der Waals surface area contributed by atoms with Crippen molar-refractivity contribution in [3.63, 3.8) is 0 Å². The van der Waals surface area contributed by atoms with Gasteiger partial charge in [0, 0.05) is 18.3 Å². The molecule has 1 heterocycles. The summed E-state index contributed by atoms with van der Waals surface area (Å²) in [7, 11) is 2.55. The SMILES string of the molecule is CO[N+](=O)c1ccc(N2CCC[C@@H]2CO)cc1C(F)(F)P. The summed E-state index contributed by atoms with van der Waals surface area (Å²) in [5.41, 5.74) is -3.34. The molecule has 8 heteroatoms. The number of benzene rings is 1. The summed E-state index contributed by atoms with van der Waals surface area (Å²) >= 11 is 0. The average Bonchev–Trinajstić information content (AvgIpc) is 2.93. The zero-order valence-electron chi connectivity index (χ0n) is 11.6. The molecule has 1 N–H and O–H groups in total. The number of nitrogens with zero attached hydrogens (tertiary/aromatic N) is 2. The van der Waals surface area contributed by atoms with E-state index in [9.17, 15) is 18.8 Å². The van der Waals surface area contributed by atoms with E-state index >= 15 is 0 Å². The molecule has 21 heavy (non-hydrogen) atoms. The Bertz CT molecular complexity index is 537. The van der Waals surface area contributed by atoms with Gasteiger partial charge in [0.1, 0.15) is 5.56 Å². The summed E-state index contributed by atoms with van der Waals surface area (Å²) in [6.07, 6.45) is 1.71. The Kier molecular flexibility index (Phi) is 4.74. The Morgan fingerprint density at radius 2 is 2.29 bits per heavy atom. The molecule has 2 rings (SSSR count). The molecule has 116 valence electrons. The van der Waals surface area contributed by atoms with Crippen LogP contribution >= 0.6 is 9.24 Å². The van der Waals surface area contributed by atoms with Crippen molar-refractivity contribution in [1.82, 2.24) is 0 Å². The van der Waals surface area contributed by atoms with Gasteiger partial charge in [-0.3, -0.25) is 0 Å². The van der Waals surface area contributed by atoms with Crippen LogP contribution < -0.4 is 4.90 Å². The van der Waals surface area contributed by atoms with Gasteiger partial charge in [-0.05, 0) is 25.0 Å². The third-order valence-corrected chi connectivity index (χ3v) is 3.93. The van der Waals surface area contributed by atoms with E-state index in [-0.39, 0.29) is 23.3 Å². The minimum atomic E-state index is -3.25. The first-order valence-electron chi connectivity index (χ1n) is 6.58. The molecule has 5 nitrogen and oxygen atoms in total. The van der Waals surface area contributed by atoms with Crippen LogP contribution in [0.3, 0.4) is 0 Å². The molecule has 1 aromatic carbocycles. The molecule has 1 unspecified atom stereocenters. The Morgan fingerprint density at radius 1 is 1.57 bits per heavy atom. The fourth-order valence-electron chi connectivity index (χ4n) is 2.59. The Labute approximate surface area is 123 Å². The van der Waals surface area contributed by atoms with E-state index < -0.39 is 11.2 Å². The second-order valence-electron chi connectivity index (χ2n) is 4.94. The quantitative estimate of drug-likeness (QED) is 0.669. The number of alkyl halides is 2. The molecule has 1 aliphatic heterocycles. The Hall–Kier alpha value is -1.33. The third-order valence-electron chi connectivity index (χ3n) is 3.62. The van der Waals surface area contributed by atoms with E-state index in [0.717, 1.165) is 20.0 Å². The lowest BCUT2D eigenvalue weighted by atomic mass is 10.1. The van der Waals surface area contributed by atoms with Crippen LogP contribution in [0.2, 0.25) is 0 Å². The summed E-state index contributed by atoms with van der Waals surface area (Å²) in [4.78, 5) is 17.9. The minimum Gasteiger partial charge on any atom is -0.394 e. The van der Waals surface area contributed by atoms with Crippen molar-refractivity contribution in [3.05, 3.63) is 28.7 Å². The van der Waals surface area contributed by atoms with E-state index in [1.165, 1.54) is 21.4 Å². The molecule has 0 saturated carbocycles. The maximum atomic E-state index is 13.7. The van der Waals surface area contributed by atoms with E-state index in [1.54, 1.807) is 6.07 Å². The number of halogens is 2. The predicted molar refractivity (Wildman–Crippen MR) is 77.8 cm³/mol. The highest BCUT2D eigenvalue weighted by atomic mass is 31.0. The van der Waals surface area contributed by atoms with Gasteiger partial charge in [0.05, 0.1) is 17.6 Å². The van der Waals surface area contributed by atoms with Gasteiger partial charge >= 0.3 is 5.69 Å². The Balaban J connectivity index is 2.44. The highest BCUT2D eigenvalue weighted by molar-refractivity contribution is 7.17. The summed E-state index contributed by atoms with van der Waals surface area (Å²) in [6, 6.07) is 4.10. The van der Waals surface area contributed by atoms with Crippen molar-refractivity contribution in [2.75, 3.05) is 25.2 Å². The maximum absolute atomic E-state index is 13.7. The molecule has 0 radical (unpaired) electrons. The van der Waals surface area contributed by atoms with Crippen molar-refractivity contribution >= 4 is 20.6 Å². The van der Waals surface area contributed by atoms with Gasteiger partial charge < -0.3 is 10.0 Å². The number of hydrogen-bond acceptors (Lipinski definition) is 4. The van der Waals surface area contributed by atoms with Gasteiger partial charge in [-0.25, -0.2) is 4.84 Å². The molecule has 0 amide bonds. The average molecular weight is 319 g/mol. The highest BCUT2D eigenvalue weighted by Gasteiger charge is 2.37. The first kappa shape index (κ1) is 16.0. The van der Waals surface area contributed by atoms with Gasteiger partial charge in [0.2, 0.25) is 0 Å². The predicted octanol–water partition coefficient (Wildman–Crippen LogP) is 2.54. The van der Waals surface area contributed by atoms with Gasteiger partial charge in [0.25, 0.3) is 10.6 Å². The number of hydrogen-bond donors (Lipinski definition) is 1. The normalized spacial score (nSPS) is 18.9. The van der Waals surface area contributed by atoms with Crippen LogP contribution in [0.25, 0.3) is 0 Å². The largest absolute Gasteiger partial charge is 0.394 e. The first-order valence-corrected chi connectivity index (χ1v) is 7.16. The van der Waals surface area contributed by atoms with Crippen molar-refractivity contribution in [3.8, 4) is 0 Å². The van der Waals surface area contributed by atoms with E-state index in [4.69, 9.17) is 0 Å². The zero-order chi connectivity index (χ0) is 15.6. The summed E-state index contributed by atoms with van der Waals surface area (Å²) in [5.74, 6) is 0. The lowest BCUT2D eigenvalue weighted by Gasteiger charge is -2.26. The summed E-state index contributed by atoms with van der Waals surface area (Å²) in [6.45, 7) is 0.665. The molecule has 1 saturated heterocycles. The van der Waals surface area contributed by atoms with Crippen molar-refractivity contribution < 1.29 is 23.6 Å². The number of rotatable bonds is 5. The van der Waals surface area contributed by atoms with Crippen molar-refractivity contribution in [2.24, 2.45) is 0 Å². The third kappa shape index (κ3) is 3.30. The minimum absolute atomic E-state index is 0.0277. The monoisotopic (exact) mass is 319 g/mol. The maximum Gasteiger partial charge on any atom is 0.326 e. The van der Waals surface area contributed by atoms with Crippen LogP contribution in [0.4, 0.5) is 20.2 Å². The summed E-state index contributed by atoms with van der Waals surface area (Å²) < 4.78 is 27.5. The topological polar surface area (TPSA) is 52.8 Å². The smallest absolute Gasteiger partial charge is 0.326 e. The van der Waals surface area contributed by atoms with Crippen molar-refractivity contribution in [1.29, 1.82) is 0 Å². The van der Waals surface area contributed by atoms with E-state index in [1.807, 2.05) is 4.90 Å². The fourth-order valence-corrected chi connectivity index (χ4v) is 2.82. The second kappa shape index (κ2) is 6.20. The highest BCUT2D eigenvalue weighted by Crippen LogP contribution is 2.42. The molecule has 0 aliphatic carbocycles. The molecule has 0 bridgehead atoms. The Morgan fingerprint density at radius 3 is 2.86 bits per heavy atom. The second-order valence-corrected chi connectivity index (χ2v) is 5.66. The molecule has 1 aromatic rings. The fraction of sp³-hybridized carbons (Fsp3) is 0.538. The molecule has 1 fully saturated rings. The van der Waals surface area contributed by atoms with Gasteiger partial charge in [-0.1, -0.05) is 9.24 Å². The van der Waals surface area contributed by atoms with Crippen LogP contribution in [0.15, 0.2) is 18.2 Å². The van der Waals surface area contributed by atoms with E-state index in [0.29, 0.717) is 12.2 Å². The first-order chi connectivity index (χ1) is 9.88. The van der Waals surface area contributed by atoms with Crippen LogP contribution in [0, 0.1) is 4.91 Å². The van der Waals surface area contributed by atoms with E-state index in [2.05, 4.69) is 4.84 Å². The lowest BCUT2D eigenvalue weighted by Crippen LogP contribution is -2.32. The molecule has 0 spiro atoms. The number of anilines is 1. The van der Waals surface area contributed by atoms with Crippen LogP contribution in [0.1, 0.15) is 18.4 Å². The summed E-state index contributed by atoms with van der Waals surface area (Å²) in [5, 5.41) is 9.34. The van der Waals surface area contributed by atoms with Crippen LogP contribution in [-0.4, -0.2) is 36.3 Å². The molecular weight excluding hydrogens is 301 g/mol.